The zero-order valence-corrected chi connectivity index (χ0v) is 10.4. The van der Waals surface area contributed by atoms with Crippen LogP contribution in [0.3, 0.4) is 0 Å². The second-order valence-corrected chi connectivity index (χ2v) is 4.25. The highest BCUT2D eigenvalue weighted by molar-refractivity contribution is 6.31. The van der Waals surface area contributed by atoms with Gasteiger partial charge in [0, 0.05) is 11.1 Å². The standard InChI is InChI=1S/C12H16ClNO2/c1-8-9(3-4-14-2)10(13)7-11-12(8)16-6-5-15-11/h7,14H,3-6H2,1-2H3. The molecule has 0 fully saturated rings. The minimum Gasteiger partial charge on any atom is -0.486 e. The summed E-state index contributed by atoms with van der Waals surface area (Å²) in [7, 11) is 1.93. The normalized spacial score (nSPS) is 13.9. The highest BCUT2D eigenvalue weighted by Gasteiger charge is 2.19. The zero-order valence-electron chi connectivity index (χ0n) is 9.60. The summed E-state index contributed by atoms with van der Waals surface area (Å²) in [6.45, 7) is 4.14. The molecule has 0 amide bonds. The van der Waals surface area contributed by atoms with Gasteiger partial charge in [-0.1, -0.05) is 11.6 Å². The third-order valence-electron chi connectivity index (χ3n) is 2.78. The van der Waals surface area contributed by atoms with Crippen LogP contribution in [0.5, 0.6) is 11.5 Å². The van der Waals surface area contributed by atoms with Crippen molar-refractivity contribution in [2.24, 2.45) is 0 Å². The highest BCUT2D eigenvalue weighted by atomic mass is 35.5. The first-order valence-electron chi connectivity index (χ1n) is 5.46. The Morgan fingerprint density at radius 2 is 2.12 bits per heavy atom. The van der Waals surface area contributed by atoms with E-state index < -0.39 is 0 Å². The van der Waals surface area contributed by atoms with Gasteiger partial charge in [0.05, 0.1) is 0 Å². The molecule has 16 heavy (non-hydrogen) atoms. The van der Waals surface area contributed by atoms with Crippen molar-refractivity contribution in [3.8, 4) is 11.5 Å². The molecule has 0 aromatic heterocycles. The zero-order chi connectivity index (χ0) is 11.5. The van der Waals surface area contributed by atoms with Crippen molar-refractivity contribution in [2.75, 3.05) is 26.8 Å². The number of hydrogen-bond acceptors (Lipinski definition) is 3. The third kappa shape index (κ3) is 2.11. The first kappa shape index (κ1) is 11.6. The summed E-state index contributed by atoms with van der Waals surface area (Å²) in [6, 6.07) is 1.86. The van der Waals surface area contributed by atoms with Crippen LogP contribution in [0.15, 0.2) is 6.07 Å². The number of ether oxygens (including phenoxy) is 2. The summed E-state index contributed by atoms with van der Waals surface area (Å²) >= 11 is 6.24. The van der Waals surface area contributed by atoms with Gasteiger partial charge >= 0.3 is 0 Å². The van der Waals surface area contributed by atoms with Gasteiger partial charge in [0.1, 0.15) is 13.2 Å². The first-order chi connectivity index (χ1) is 7.74. The topological polar surface area (TPSA) is 30.5 Å². The molecule has 0 spiro atoms. The van der Waals surface area contributed by atoms with Crippen LogP contribution >= 0.6 is 11.6 Å². The van der Waals surface area contributed by atoms with Gasteiger partial charge in [0.2, 0.25) is 0 Å². The number of rotatable bonds is 3. The Bertz CT molecular complexity index is 393. The maximum atomic E-state index is 6.24. The molecule has 0 atom stereocenters. The minimum absolute atomic E-state index is 0.596. The number of hydrogen-bond donors (Lipinski definition) is 1. The van der Waals surface area contributed by atoms with Crippen LogP contribution < -0.4 is 14.8 Å². The molecular formula is C12H16ClNO2. The summed E-state index contributed by atoms with van der Waals surface area (Å²) in [6.07, 6.45) is 0.901. The van der Waals surface area contributed by atoms with E-state index in [1.165, 1.54) is 0 Å². The summed E-state index contributed by atoms with van der Waals surface area (Å²) in [5.74, 6) is 1.61. The van der Waals surface area contributed by atoms with Crippen molar-refractivity contribution < 1.29 is 9.47 Å². The van der Waals surface area contributed by atoms with Gasteiger partial charge < -0.3 is 14.8 Å². The third-order valence-corrected chi connectivity index (χ3v) is 3.11. The van der Waals surface area contributed by atoms with E-state index >= 15 is 0 Å². The molecule has 4 heteroatoms. The fraction of sp³-hybridized carbons (Fsp3) is 0.500. The van der Waals surface area contributed by atoms with Crippen LogP contribution in [0.25, 0.3) is 0 Å². The lowest BCUT2D eigenvalue weighted by Crippen LogP contribution is -2.18. The molecule has 0 bridgehead atoms. The number of halogens is 1. The second kappa shape index (κ2) is 4.93. The Hall–Kier alpha value is -0.930. The molecule has 0 radical (unpaired) electrons. The number of likely N-dealkylation sites (N-methyl/N-ethyl adjacent to an activating group) is 1. The molecule has 1 heterocycles. The van der Waals surface area contributed by atoms with E-state index in [0.717, 1.165) is 40.6 Å². The lowest BCUT2D eigenvalue weighted by molar-refractivity contribution is 0.170. The minimum atomic E-state index is 0.596. The number of benzene rings is 1. The average molecular weight is 242 g/mol. The van der Waals surface area contributed by atoms with Crippen molar-refractivity contribution in [1.29, 1.82) is 0 Å². The summed E-state index contributed by atoms with van der Waals surface area (Å²) in [5.41, 5.74) is 2.23. The number of nitrogens with one attached hydrogen (secondary N) is 1. The molecule has 1 aliphatic heterocycles. The van der Waals surface area contributed by atoms with Gasteiger partial charge in [-0.25, -0.2) is 0 Å². The van der Waals surface area contributed by atoms with Gasteiger partial charge in [-0.05, 0) is 38.1 Å². The summed E-state index contributed by atoms with van der Waals surface area (Å²) in [4.78, 5) is 0. The van der Waals surface area contributed by atoms with Crippen molar-refractivity contribution >= 4 is 11.6 Å². The summed E-state index contributed by atoms with van der Waals surface area (Å²) in [5, 5.41) is 3.88. The van der Waals surface area contributed by atoms with E-state index in [2.05, 4.69) is 5.32 Å². The van der Waals surface area contributed by atoms with Gasteiger partial charge in [-0.15, -0.1) is 0 Å². The Kier molecular flexibility index (Phi) is 3.56. The van der Waals surface area contributed by atoms with E-state index in [-0.39, 0.29) is 0 Å². The summed E-state index contributed by atoms with van der Waals surface area (Å²) < 4.78 is 11.1. The quantitative estimate of drug-likeness (QED) is 0.880. The maximum Gasteiger partial charge on any atom is 0.164 e. The van der Waals surface area contributed by atoms with Crippen LogP contribution in [0.1, 0.15) is 11.1 Å². The molecule has 1 N–H and O–H groups in total. The van der Waals surface area contributed by atoms with Gasteiger partial charge in [-0.2, -0.15) is 0 Å². The molecule has 2 rings (SSSR count). The molecule has 1 aromatic rings. The molecule has 0 aliphatic carbocycles. The predicted molar refractivity (Wildman–Crippen MR) is 64.8 cm³/mol. The molecule has 3 nitrogen and oxygen atoms in total. The molecule has 0 saturated heterocycles. The van der Waals surface area contributed by atoms with Gasteiger partial charge in [-0.3, -0.25) is 0 Å². The van der Waals surface area contributed by atoms with E-state index in [0.29, 0.717) is 13.2 Å². The average Bonchev–Trinajstić information content (AvgIpc) is 2.29. The SMILES string of the molecule is CNCCc1c(Cl)cc2c(c1C)OCCO2. The van der Waals surface area contributed by atoms with Crippen LogP contribution in [-0.4, -0.2) is 26.8 Å². The smallest absolute Gasteiger partial charge is 0.164 e. The van der Waals surface area contributed by atoms with E-state index in [9.17, 15) is 0 Å². The molecule has 88 valence electrons. The second-order valence-electron chi connectivity index (χ2n) is 3.84. The molecule has 0 saturated carbocycles. The Morgan fingerprint density at radius 3 is 2.88 bits per heavy atom. The Morgan fingerprint density at radius 1 is 1.38 bits per heavy atom. The molecule has 1 aliphatic rings. The van der Waals surface area contributed by atoms with Crippen LogP contribution in [0.4, 0.5) is 0 Å². The van der Waals surface area contributed by atoms with Crippen LogP contribution in [0.2, 0.25) is 5.02 Å². The Balaban J connectivity index is 2.37. The van der Waals surface area contributed by atoms with Gasteiger partial charge in [0.15, 0.2) is 11.5 Å². The predicted octanol–water partition coefficient (Wildman–Crippen LogP) is 2.18. The first-order valence-corrected chi connectivity index (χ1v) is 5.84. The van der Waals surface area contributed by atoms with Gasteiger partial charge in [0.25, 0.3) is 0 Å². The van der Waals surface area contributed by atoms with Crippen molar-refractivity contribution in [2.45, 2.75) is 13.3 Å². The van der Waals surface area contributed by atoms with Crippen molar-refractivity contribution in [3.63, 3.8) is 0 Å². The fourth-order valence-electron chi connectivity index (χ4n) is 1.91. The maximum absolute atomic E-state index is 6.24. The van der Waals surface area contributed by atoms with Crippen LogP contribution in [0, 0.1) is 6.92 Å². The van der Waals surface area contributed by atoms with E-state index in [4.69, 9.17) is 21.1 Å². The molecule has 0 unspecified atom stereocenters. The largest absolute Gasteiger partial charge is 0.486 e. The van der Waals surface area contributed by atoms with E-state index in [1.807, 2.05) is 20.0 Å². The molecular weight excluding hydrogens is 226 g/mol. The monoisotopic (exact) mass is 241 g/mol. The van der Waals surface area contributed by atoms with Crippen molar-refractivity contribution in [1.82, 2.24) is 5.32 Å². The lowest BCUT2D eigenvalue weighted by atomic mass is 10.0. The fourth-order valence-corrected chi connectivity index (χ4v) is 2.24. The van der Waals surface area contributed by atoms with E-state index in [1.54, 1.807) is 0 Å². The lowest BCUT2D eigenvalue weighted by Gasteiger charge is -2.22. The van der Waals surface area contributed by atoms with Crippen LogP contribution in [-0.2, 0) is 6.42 Å². The number of fused-ring (bicyclic) bond motifs is 1. The highest BCUT2D eigenvalue weighted by Crippen LogP contribution is 2.39. The Labute approximate surface area is 101 Å². The van der Waals surface area contributed by atoms with Crippen molar-refractivity contribution in [3.05, 3.63) is 22.2 Å². The molecule has 1 aromatic carbocycles.